The number of hydrogen-bond donors (Lipinski definition) is 2. The van der Waals surface area contributed by atoms with Crippen molar-refractivity contribution in [2.75, 3.05) is 26.4 Å². The maximum atomic E-state index is 12.5. The number of aryl methyl sites for hydroxylation is 1. The predicted octanol–water partition coefficient (Wildman–Crippen LogP) is 9.13. The molecule has 4 aliphatic heterocycles. The fourth-order valence-electron chi connectivity index (χ4n) is 9.25. The molecule has 4 aromatic heterocycles. The Labute approximate surface area is 415 Å². The number of benzene rings is 5. The number of nitrogens with zero attached hydrogens (tertiary/aromatic N) is 7. The van der Waals surface area contributed by atoms with Crippen LogP contribution in [0.4, 0.5) is 0 Å². The van der Waals surface area contributed by atoms with E-state index >= 15 is 0 Å². The molecule has 0 radical (unpaired) electrons. The first-order chi connectivity index (χ1) is 35.1. The van der Waals surface area contributed by atoms with Gasteiger partial charge in [0.15, 0.2) is 0 Å². The van der Waals surface area contributed by atoms with Crippen LogP contribution in [0.2, 0.25) is 0 Å². The number of aliphatic hydroxyl groups is 1. The smallest absolute Gasteiger partial charge is 0.297 e. The molecule has 9 aromatic rings. The molecule has 13 rings (SSSR count). The van der Waals surface area contributed by atoms with Crippen molar-refractivity contribution in [1.29, 1.82) is 0 Å². The van der Waals surface area contributed by atoms with Crippen molar-refractivity contribution in [2.24, 2.45) is 10.8 Å². The number of nitrogens with two attached hydrogens (primary N) is 1. The molecule has 0 fully saturated rings. The fourth-order valence-corrected chi connectivity index (χ4v) is 10.3. The van der Waals surface area contributed by atoms with E-state index in [1.807, 2.05) is 97.9 Å². The summed E-state index contributed by atoms with van der Waals surface area (Å²) in [6.07, 6.45) is 8.81. The third-order valence-electron chi connectivity index (χ3n) is 12.7. The molecule has 0 saturated carbocycles. The third-order valence-corrected chi connectivity index (χ3v) is 14.1. The van der Waals surface area contributed by atoms with Gasteiger partial charge in [0.05, 0.1) is 45.7 Å². The van der Waals surface area contributed by atoms with Gasteiger partial charge in [0, 0.05) is 92.4 Å². The highest BCUT2D eigenvalue weighted by Crippen LogP contribution is 2.35. The molecule has 17 heteroatoms. The molecule has 0 amide bonds. The minimum atomic E-state index is -3.83. The van der Waals surface area contributed by atoms with Gasteiger partial charge in [-0.3, -0.25) is 24.1 Å². The van der Waals surface area contributed by atoms with Gasteiger partial charge in [-0.05, 0) is 110 Å². The quantitative estimate of drug-likeness (QED) is 0.0727. The molecule has 4 unspecified atom stereocenters. The zero-order chi connectivity index (χ0) is 49.6. The van der Waals surface area contributed by atoms with Gasteiger partial charge in [0.2, 0.25) is 0 Å². The third kappa shape index (κ3) is 10.6. The molecule has 3 N–H and O–H groups in total. The Kier molecular flexibility index (Phi) is 14.1. The molecule has 4 aliphatic rings. The van der Waals surface area contributed by atoms with Gasteiger partial charge >= 0.3 is 0 Å². The van der Waals surface area contributed by atoms with Gasteiger partial charge in [-0.25, -0.2) is 0 Å². The highest BCUT2D eigenvalue weighted by molar-refractivity contribution is 7.86. The van der Waals surface area contributed by atoms with E-state index in [1.54, 1.807) is 49.1 Å². The van der Waals surface area contributed by atoms with Crippen molar-refractivity contribution < 1.29 is 36.7 Å². The summed E-state index contributed by atoms with van der Waals surface area (Å²) in [5.74, 6) is 3.46. The summed E-state index contributed by atoms with van der Waals surface area (Å²) in [5.41, 5.74) is 23.4. The zero-order valence-electron chi connectivity index (χ0n) is 39.2. The molecule has 4 atom stereocenters. The van der Waals surface area contributed by atoms with Crippen molar-refractivity contribution in [3.63, 3.8) is 0 Å². The standard InChI is InChI=1S/C19H17NO4S.C12H10N4O.C12H12N2O.C12H11NO2/c1-13-4-6-15(7-5-13)25(21,22)24-14-11-17-16-3-2-10-20-18(16)8-9-19(17)23-12-14;13-16-15-8-6-10-9-2-1-5-14-11(9)3-4-12(10)17-7-8;13-8-6-10-9-2-1-5-14-11(9)3-4-12(10)15-7-8;14-8-6-10-9-2-1-5-13-11(9)3-4-12(10)15-7-8/h2-10,14H,11-12H2,1H3;1-5,8H,6-7H2;1-5,8H,6-7,13H2;1-5,8,14H,6-7H2. The van der Waals surface area contributed by atoms with Crippen LogP contribution in [-0.4, -0.2) is 84.2 Å². The molecular weight excluding hydrogens is 933 g/mol. The first-order valence-electron chi connectivity index (χ1n) is 23.6. The highest BCUT2D eigenvalue weighted by atomic mass is 32.2. The maximum Gasteiger partial charge on any atom is 0.297 e. The van der Waals surface area contributed by atoms with Crippen LogP contribution >= 0.6 is 0 Å². The van der Waals surface area contributed by atoms with Gasteiger partial charge in [-0.1, -0.05) is 47.1 Å². The first-order valence-corrected chi connectivity index (χ1v) is 25.0. The number of aliphatic hydroxyl groups excluding tert-OH is 1. The Hall–Kier alpha value is -7.92. The second-order valence-electron chi connectivity index (χ2n) is 17.8. The van der Waals surface area contributed by atoms with Gasteiger partial charge < -0.3 is 29.8 Å². The summed E-state index contributed by atoms with van der Waals surface area (Å²) in [6.45, 7) is 3.55. The molecule has 0 saturated heterocycles. The van der Waals surface area contributed by atoms with Crippen LogP contribution in [0.1, 0.15) is 27.8 Å². The summed E-state index contributed by atoms with van der Waals surface area (Å²) >= 11 is 0. The van der Waals surface area contributed by atoms with Crippen LogP contribution in [-0.2, 0) is 40.0 Å². The van der Waals surface area contributed by atoms with Crippen LogP contribution in [0.15, 0.2) is 156 Å². The summed E-state index contributed by atoms with van der Waals surface area (Å²) in [4.78, 5) is 20.2. The van der Waals surface area contributed by atoms with Crippen LogP contribution in [0.25, 0.3) is 54.1 Å². The number of azide groups is 1. The van der Waals surface area contributed by atoms with Crippen molar-refractivity contribution in [1.82, 2.24) is 19.9 Å². The minimum absolute atomic E-state index is 0.100. The molecule has 8 heterocycles. The number of pyridine rings is 4. The largest absolute Gasteiger partial charge is 0.493 e. The van der Waals surface area contributed by atoms with E-state index in [0.717, 1.165) is 95.3 Å². The molecule has 5 aromatic carbocycles. The average molecular weight is 983 g/mol. The maximum absolute atomic E-state index is 12.5. The van der Waals surface area contributed by atoms with Gasteiger partial charge in [0.25, 0.3) is 10.1 Å². The van der Waals surface area contributed by atoms with E-state index in [4.69, 9.17) is 34.4 Å². The topological polar surface area (TPSA) is 227 Å². The van der Waals surface area contributed by atoms with E-state index in [9.17, 15) is 13.5 Å². The minimum Gasteiger partial charge on any atom is -0.493 e. The Morgan fingerprint density at radius 1 is 0.569 bits per heavy atom. The Morgan fingerprint density at radius 2 is 1.00 bits per heavy atom. The van der Waals surface area contributed by atoms with Gasteiger partial charge in [0.1, 0.15) is 48.9 Å². The van der Waals surface area contributed by atoms with E-state index in [1.165, 1.54) is 5.56 Å². The number of ether oxygens (including phenoxy) is 4. The number of hydrogen-bond acceptors (Lipinski definition) is 14. The van der Waals surface area contributed by atoms with E-state index in [-0.39, 0.29) is 23.6 Å². The van der Waals surface area contributed by atoms with Crippen molar-refractivity contribution in [3.05, 3.63) is 184 Å². The Morgan fingerprint density at radius 3 is 1.50 bits per heavy atom. The summed E-state index contributed by atoms with van der Waals surface area (Å²) < 4.78 is 52.8. The lowest BCUT2D eigenvalue weighted by Crippen LogP contribution is -2.33. The van der Waals surface area contributed by atoms with E-state index in [2.05, 4.69) is 36.0 Å². The van der Waals surface area contributed by atoms with Crippen LogP contribution in [0.3, 0.4) is 0 Å². The van der Waals surface area contributed by atoms with Crippen LogP contribution < -0.4 is 24.7 Å². The highest BCUT2D eigenvalue weighted by Gasteiger charge is 2.29. The fraction of sp³-hybridized carbons (Fsp3) is 0.236. The monoisotopic (exact) mass is 982 g/mol. The summed E-state index contributed by atoms with van der Waals surface area (Å²) in [5, 5.41) is 17.6. The normalized spacial score (nSPS) is 18.4. The zero-order valence-corrected chi connectivity index (χ0v) is 40.1. The van der Waals surface area contributed by atoms with Crippen LogP contribution in [0, 0.1) is 6.92 Å². The van der Waals surface area contributed by atoms with E-state index < -0.39 is 22.3 Å². The van der Waals surface area contributed by atoms with Gasteiger partial charge in [-0.2, -0.15) is 8.42 Å². The second-order valence-corrected chi connectivity index (χ2v) is 19.3. The summed E-state index contributed by atoms with van der Waals surface area (Å²) in [7, 11) is -3.83. The SMILES string of the molecule is Cc1ccc(S(=O)(=O)OC2COc3ccc4ncccc4c3C2)cc1.NC1COc2ccc3ncccc3c2C1.OC1COc2ccc3ncccc3c2C1.[N-]=[N+]=NC1COc2ccc3ncccc3c2C1. The molecule has 0 aliphatic carbocycles. The lowest BCUT2D eigenvalue weighted by atomic mass is 9.98. The molecule has 72 heavy (non-hydrogen) atoms. The molecule has 0 bridgehead atoms. The predicted molar refractivity (Wildman–Crippen MR) is 274 cm³/mol. The van der Waals surface area contributed by atoms with Gasteiger partial charge in [-0.15, -0.1) is 0 Å². The van der Waals surface area contributed by atoms with Crippen molar-refractivity contribution >= 4 is 53.7 Å². The number of rotatable bonds is 4. The molecule has 16 nitrogen and oxygen atoms in total. The number of aromatic nitrogens is 4. The lowest BCUT2D eigenvalue weighted by Gasteiger charge is -2.26. The lowest BCUT2D eigenvalue weighted by molar-refractivity contribution is 0.0927. The van der Waals surface area contributed by atoms with Crippen molar-refractivity contribution in [3.8, 4) is 23.0 Å². The Bertz CT molecular complexity index is 3500. The first kappa shape index (κ1) is 47.7. The van der Waals surface area contributed by atoms with Crippen LogP contribution in [0.5, 0.6) is 23.0 Å². The second kappa shape index (κ2) is 21.2. The molecular formula is C55H50N8O8S. The van der Waals surface area contributed by atoms with E-state index in [0.29, 0.717) is 39.1 Å². The van der Waals surface area contributed by atoms with Crippen molar-refractivity contribution in [2.45, 2.75) is 61.8 Å². The Balaban J connectivity index is 0.000000113. The average Bonchev–Trinajstić information content (AvgIpc) is 3.41. The molecule has 364 valence electrons. The molecule has 0 spiro atoms. The number of fused-ring (bicyclic) bond motifs is 12. The summed E-state index contributed by atoms with van der Waals surface area (Å²) in [6, 6.07) is 37.8.